The smallest absolute Gasteiger partial charge is 0.00951 e. The van der Waals surface area contributed by atoms with Crippen LogP contribution in [0.4, 0.5) is 0 Å². The first-order valence-electron chi connectivity index (χ1n) is 10.3. The first kappa shape index (κ1) is 18.3. The molecule has 2 aliphatic rings. The van der Waals surface area contributed by atoms with Crippen LogP contribution in [0.5, 0.6) is 0 Å². The third-order valence-electron chi connectivity index (χ3n) is 6.79. The van der Waals surface area contributed by atoms with Crippen LogP contribution in [0.15, 0.2) is 0 Å². The lowest BCUT2D eigenvalue weighted by atomic mass is 9.82. The molecule has 0 bridgehead atoms. The zero-order valence-electron chi connectivity index (χ0n) is 15.8. The van der Waals surface area contributed by atoms with Crippen LogP contribution in [0.3, 0.4) is 0 Å². The fourth-order valence-electron chi connectivity index (χ4n) is 4.99. The molecule has 0 aromatic rings. The van der Waals surface area contributed by atoms with E-state index < -0.39 is 0 Å². The molecule has 0 aromatic heterocycles. The van der Waals surface area contributed by atoms with Crippen molar-refractivity contribution in [2.75, 3.05) is 7.05 Å². The first-order chi connectivity index (χ1) is 10.6. The average Bonchev–Trinajstić information content (AvgIpc) is 2.41. The van der Waals surface area contributed by atoms with E-state index in [0.717, 1.165) is 29.8 Å². The SMILES string of the molecule is CC1CCCC(N(C)C2CCCC(C(C)C)CCC2)CCC1. The van der Waals surface area contributed by atoms with Crippen LogP contribution < -0.4 is 0 Å². The van der Waals surface area contributed by atoms with Gasteiger partial charge in [-0.1, -0.05) is 72.1 Å². The van der Waals surface area contributed by atoms with Gasteiger partial charge in [-0.15, -0.1) is 0 Å². The standard InChI is InChI=1S/C21H41N/c1-17(2)19-11-7-15-21(16-8-12-19)22(4)20-13-5-9-18(3)10-6-14-20/h17-21H,5-16H2,1-4H3. The maximum atomic E-state index is 2.81. The van der Waals surface area contributed by atoms with E-state index in [9.17, 15) is 0 Å². The quantitative estimate of drug-likeness (QED) is 0.593. The third kappa shape index (κ3) is 5.55. The lowest BCUT2D eigenvalue weighted by Crippen LogP contribution is -2.41. The third-order valence-corrected chi connectivity index (χ3v) is 6.79. The summed E-state index contributed by atoms with van der Waals surface area (Å²) < 4.78 is 0. The minimum Gasteiger partial charge on any atom is -0.300 e. The highest BCUT2D eigenvalue weighted by Gasteiger charge is 2.26. The van der Waals surface area contributed by atoms with Crippen molar-refractivity contribution in [2.24, 2.45) is 17.8 Å². The van der Waals surface area contributed by atoms with Crippen LogP contribution in [0.1, 0.15) is 97.8 Å². The summed E-state index contributed by atoms with van der Waals surface area (Å²) in [5.41, 5.74) is 0. The lowest BCUT2D eigenvalue weighted by Gasteiger charge is -2.38. The molecule has 0 unspecified atom stereocenters. The Hall–Kier alpha value is -0.0400. The van der Waals surface area contributed by atoms with E-state index in [0.29, 0.717) is 0 Å². The van der Waals surface area contributed by atoms with Crippen LogP contribution in [0.2, 0.25) is 0 Å². The molecule has 0 spiro atoms. The second kappa shape index (κ2) is 9.30. The van der Waals surface area contributed by atoms with Gasteiger partial charge in [0.2, 0.25) is 0 Å². The van der Waals surface area contributed by atoms with Gasteiger partial charge >= 0.3 is 0 Å². The van der Waals surface area contributed by atoms with Gasteiger partial charge in [-0.25, -0.2) is 0 Å². The number of nitrogens with zero attached hydrogens (tertiary/aromatic N) is 1. The summed E-state index contributed by atoms with van der Waals surface area (Å²) in [7, 11) is 2.45. The Bertz CT molecular complexity index is 278. The van der Waals surface area contributed by atoms with Crippen molar-refractivity contribution in [1.29, 1.82) is 0 Å². The van der Waals surface area contributed by atoms with Gasteiger partial charge in [-0.05, 0) is 50.5 Å². The average molecular weight is 308 g/mol. The van der Waals surface area contributed by atoms with E-state index >= 15 is 0 Å². The van der Waals surface area contributed by atoms with Crippen LogP contribution >= 0.6 is 0 Å². The number of rotatable bonds is 3. The zero-order valence-corrected chi connectivity index (χ0v) is 15.8. The molecule has 0 radical (unpaired) electrons. The van der Waals surface area contributed by atoms with Crippen molar-refractivity contribution >= 4 is 0 Å². The van der Waals surface area contributed by atoms with Gasteiger partial charge in [0.1, 0.15) is 0 Å². The van der Waals surface area contributed by atoms with Crippen molar-refractivity contribution in [3.63, 3.8) is 0 Å². The van der Waals surface area contributed by atoms with E-state index in [-0.39, 0.29) is 0 Å². The Kier molecular flexibility index (Phi) is 7.74. The van der Waals surface area contributed by atoms with Gasteiger partial charge in [0.25, 0.3) is 0 Å². The number of hydrogen-bond acceptors (Lipinski definition) is 1. The zero-order chi connectivity index (χ0) is 15.9. The molecule has 1 nitrogen and oxygen atoms in total. The Balaban J connectivity index is 1.82. The molecule has 0 heterocycles. The molecular weight excluding hydrogens is 266 g/mol. The van der Waals surface area contributed by atoms with Crippen molar-refractivity contribution in [1.82, 2.24) is 4.90 Å². The van der Waals surface area contributed by atoms with E-state index in [1.165, 1.54) is 77.0 Å². The van der Waals surface area contributed by atoms with Crippen LogP contribution in [0, 0.1) is 17.8 Å². The Labute approximate surface area is 140 Å². The van der Waals surface area contributed by atoms with Crippen LogP contribution in [0.25, 0.3) is 0 Å². The predicted molar refractivity (Wildman–Crippen MR) is 98.2 cm³/mol. The van der Waals surface area contributed by atoms with Crippen LogP contribution in [-0.4, -0.2) is 24.0 Å². The second-order valence-electron chi connectivity index (χ2n) is 8.81. The summed E-state index contributed by atoms with van der Waals surface area (Å²) in [6.07, 6.45) is 17.5. The summed E-state index contributed by atoms with van der Waals surface area (Å²) in [6, 6.07) is 1.74. The molecular formula is C21H41N. The minimum atomic E-state index is 0.870. The Morgan fingerprint density at radius 2 is 1.09 bits per heavy atom. The Morgan fingerprint density at radius 3 is 1.50 bits per heavy atom. The molecule has 2 fully saturated rings. The minimum absolute atomic E-state index is 0.870. The van der Waals surface area contributed by atoms with Gasteiger partial charge < -0.3 is 4.90 Å². The normalized spacial score (nSPS) is 35.7. The van der Waals surface area contributed by atoms with Crippen molar-refractivity contribution in [2.45, 2.75) is 110 Å². The molecule has 0 aliphatic heterocycles. The summed E-state index contributed by atoms with van der Waals surface area (Å²) in [5, 5.41) is 0. The van der Waals surface area contributed by atoms with E-state index in [4.69, 9.17) is 0 Å². The molecule has 2 saturated carbocycles. The van der Waals surface area contributed by atoms with E-state index in [1.54, 1.807) is 0 Å². The second-order valence-corrected chi connectivity index (χ2v) is 8.81. The summed E-state index contributed by atoms with van der Waals surface area (Å²) in [5.74, 6) is 2.86. The summed E-state index contributed by atoms with van der Waals surface area (Å²) >= 11 is 0. The van der Waals surface area contributed by atoms with Gasteiger partial charge in [0.05, 0.1) is 0 Å². The largest absolute Gasteiger partial charge is 0.300 e. The number of hydrogen-bond donors (Lipinski definition) is 0. The molecule has 22 heavy (non-hydrogen) atoms. The van der Waals surface area contributed by atoms with Gasteiger partial charge in [0.15, 0.2) is 0 Å². The molecule has 1 heteroatoms. The lowest BCUT2D eigenvalue weighted by molar-refractivity contribution is 0.113. The topological polar surface area (TPSA) is 3.24 Å². The molecule has 130 valence electrons. The summed E-state index contributed by atoms with van der Waals surface area (Å²) in [4.78, 5) is 2.81. The highest BCUT2D eigenvalue weighted by molar-refractivity contribution is 4.81. The molecule has 0 N–H and O–H groups in total. The maximum Gasteiger partial charge on any atom is 0.00951 e. The fourth-order valence-corrected chi connectivity index (χ4v) is 4.99. The predicted octanol–water partition coefficient (Wildman–Crippen LogP) is 6.27. The monoisotopic (exact) mass is 307 g/mol. The first-order valence-corrected chi connectivity index (χ1v) is 10.3. The van der Waals surface area contributed by atoms with E-state index in [2.05, 4.69) is 32.7 Å². The fraction of sp³-hybridized carbons (Fsp3) is 1.00. The van der Waals surface area contributed by atoms with Gasteiger partial charge in [0, 0.05) is 12.1 Å². The molecule has 0 saturated heterocycles. The van der Waals surface area contributed by atoms with Crippen molar-refractivity contribution in [3.8, 4) is 0 Å². The highest BCUT2D eigenvalue weighted by Crippen LogP contribution is 2.32. The van der Waals surface area contributed by atoms with Crippen molar-refractivity contribution < 1.29 is 0 Å². The van der Waals surface area contributed by atoms with E-state index in [1.807, 2.05) is 0 Å². The summed E-state index contributed by atoms with van der Waals surface area (Å²) in [6.45, 7) is 7.29. The van der Waals surface area contributed by atoms with Crippen molar-refractivity contribution in [3.05, 3.63) is 0 Å². The molecule has 0 aromatic carbocycles. The molecule has 2 aliphatic carbocycles. The maximum absolute atomic E-state index is 2.81. The van der Waals surface area contributed by atoms with Gasteiger partial charge in [-0.3, -0.25) is 0 Å². The molecule has 2 rings (SSSR count). The van der Waals surface area contributed by atoms with Gasteiger partial charge in [-0.2, -0.15) is 0 Å². The molecule has 0 amide bonds. The Morgan fingerprint density at radius 1 is 0.682 bits per heavy atom. The molecule has 0 atom stereocenters. The van der Waals surface area contributed by atoms with Crippen LogP contribution in [-0.2, 0) is 0 Å². The highest BCUT2D eigenvalue weighted by atomic mass is 15.2.